The number of nitrogens with one attached hydrogen (secondary N) is 1. The van der Waals surface area contributed by atoms with E-state index in [2.05, 4.69) is 30.3 Å². The maximum atomic E-state index is 5.87. The maximum absolute atomic E-state index is 5.87. The molecule has 2 heterocycles. The number of anilines is 1. The van der Waals surface area contributed by atoms with Crippen molar-refractivity contribution < 1.29 is 4.74 Å². The van der Waals surface area contributed by atoms with Crippen molar-refractivity contribution in [3.63, 3.8) is 0 Å². The van der Waals surface area contributed by atoms with Crippen molar-refractivity contribution in [3.8, 4) is 5.75 Å². The Labute approximate surface area is 103 Å². The summed E-state index contributed by atoms with van der Waals surface area (Å²) in [5, 5.41) is 3.47. The van der Waals surface area contributed by atoms with Crippen LogP contribution in [-0.2, 0) is 12.8 Å². The molecule has 0 spiro atoms. The lowest BCUT2D eigenvalue weighted by atomic mass is 9.95. The molecule has 0 radical (unpaired) electrons. The van der Waals surface area contributed by atoms with E-state index in [9.17, 15) is 0 Å². The summed E-state index contributed by atoms with van der Waals surface area (Å²) in [5.41, 5.74) is 5.63. The van der Waals surface area contributed by atoms with Crippen LogP contribution in [0.2, 0.25) is 0 Å². The average molecular weight is 232 g/mol. The van der Waals surface area contributed by atoms with Gasteiger partial charge in [0.2, 0.25) is 0 Å². The molecule has 0 bridgehead atoms. The Kier molecular flexibility index (Phi) is 2.71. The van der Waals surface area contributed by atoms with Gasteiger partial charge in [-0.2, -0.15) is 0 Å². The second-order valence-electron chi connectivity index (χ2n) is 5.01. The van der Waals surface area contributed by atoms with Crippen LogP contribution in [0.3, 0.4) is 0 Å². The van der Waals surface area contributed by atoms with E-state index in [0.29, 0.717) is 0 Å². The Balaban J connectivity index is 2.14. The van der Waals surface area contributed by atoms with Crippen molar-refractivity contribution in [1.29, 1.82) is 0 Å². The molecule has 0 aromatic heterocycles. The maximum Gasteiger partial charge on any atom is 0.145 e. The van der Waals surface area contributed by atoms with Crippen molar-refractivity contribution in [2.75, 3.05) is 38.2 Å². The summed E-state index contributed by atoms with van der Waals surface area (Å²) in [7, 11) is 2.15. The van der Waals surface area contributed by atoms with E-state index in [1.165, 1.54) is 22.4 Å². The Morgan fingerprint density at radius 2 is 2.12 bits per heavy atom. The van der Waals surface area contributed by atoms with Crippen LogP contribution >= 0.6 is 0 Å². The fraction of sp³-hybridized carbons (Fsp3) is 0.571. The van der Waals surface area contributed by atoms with Gasteiger partial charge >= 0.3 is 0 Å². The van der Waals surface area contributed by atoms with E-state index < -0.39 is 0 Å². The van der Waals surface area contributed by atoms with Crippen molar-refractivity contribution in [1.82, 2.24) is 5.32 Å². The lowest BCUT2D eigenvalue weighted by Gasteiger charge is -2.30. The number of nitrogens with zero attached hydrogens (tertiary/aromatic N) is 1. The third-order valence-electron chi connectivity index (χ3n) is 3.93. The van der Waals surface area contributed by atoms with E-state index in [0.717, 1.165) is 44.8 Å². The van der Waals surface area contributed by atoms with Gasteiger partial charge in [0.25, 0.3) is 0 Å². The highest BCUT2D eigenvalue weighted by molar-refractivity contribution is 5.67. The summed E-state index contributed by atoms with van der Waals surface area (Å²) in [5.74, 6) is 1.11. The fourth-order valence-electron chi connectivity index (χ4n) is 2.89. The third-order valence-corrected chi connectivity index (χ3v) is 3.93. The van der Waals surface area contributed by atoms with Gasteiger partial charge in [-0.15, -0.1) is 0 Å². The highest BCUT2D eigenvalue weighted by atomic mass is 16.5. The van der Waals surface area contributed by atoms with Gasteiger partial charge in [-0.3, -0.25) is 0 Å². The Hall–Kier alpha value is -1.22. The zero-order valence-electron chi connectivity index (χ0n) is 10.7. The number of fused-ring (bicyclic) bond motifs is 2. The first-order valence-electron chi connectivity index (χ1n) is 6.47. The fourth-order valence-corrected chi connectivity index (χ4v) is 2.89. The predicted molar refractivity (Wildman–Crippen MR) is 70.2 cm³/mol. The zero-order valence-corrected chi connectivity index (χ0v) is 10.7. The number of rotatable bonds is 0. The van der Waals surface area contributed by atoms with E-state index in [1.807, 2.05) is 0 Å². The second-order valence-corrected chi connectivity index (χ2v) is 5.01. The van der Waals surface area contributed by atoms with Gasteiger partial charge in [0.1, 0.15) is 12.4 Å². The van der Waals surface area contributed by atoms with Crippen LogP contribution < -0.4 is 15.0 Å². The van der Waals surface area contributed by atoms with Gasteiger partial charge in [-0.25, -0.2) is 0 Å². The molecule has 0 amide bonds. The van der Waals surface area contributed by atoms with E-state index in [1.54, 1.807) is 0 Å². The molecule has 1 aromatic carbocycles. The van der Waals surface area contributed by atoms with Gasteiger partial charge in [-0.1, -0.05) is 0 Å². The van der Waals surface area contributed by atoms with Crippen LogP contribution in [0.4, 0.5) is 5.69 Å². The molecule has 3 heteroatoms. The van der Waals surface area contributed by atoms with Crippen LogP contribution in [-0.4, -0.2) is 33.3 Å². The lowest BCUT2D eigenvalue weighted by molar-refractivity contribution is 0.308. The number of ether oxygens (including phenoxy) is 1. The summed E-state index contributed by atoms with van der Waals surface area (Å²) in [6.45, 7) is 6.19. The molecule has 1 N–H and O–H groups in total. The van der Waals surface area contributed by atoms with Crippen LogP contribution in [0, 0.1) is 6.92 Å². The monoisotopic (exact) mass is 232 g/mol. The largest absolute Gasteiger partial charge is 0.489 e. The minimum Gasteiger partial charge on any atom is -0.489 e. The molecule has 17 heavy (non-hydrogen) atoms. The quantitative estimate of drug-likeness (QED) is 0.734. The summed E-state index contributed by atoms with van der Waals surface area (Å²) in [4.78, 5) is 2.31. The van der Waals surface area contributed by atoms with Gasteiger partial charge < -0.3 is 15.0 Å². The van der Waals surface area contributed by atoms with Crippen LogP contribution in [0.1, 0.15) is 16.7 Å². The molecule has 0 atom stereocenters. The normalized spacial score (nSPS) is 19.1. The van der Waals surface area contributed by atoms with Gasteiger partial charge in [0.15, 0.2) is 0 Å². The molecule has 0 saturated carbocycles. The first-order chi connectivity index (χ1) is 8.27. The van der Waals surface area contributed by atoms with Crippen molar-refractivity contribution in [3.05, 3.63) is 22.8 Å². The minimum atomic E-state index is 0.807. The minimum absolute atomic E-state index is 0.807. The third kappa shape index (κ3) is 1.78. The SMILES string of the molecule is Cc1c2c(cc3c1OCCN3C)CCNCC2. The molecule has 0 fully saturated rings. The molecule has 3 rings (SSSR count). The molecule has 1 aromatic rings. The van der Waals surface area contributed by atoms with Gasteiger partial charge in [0.05, 0.1) is 12.2 Å². The lowest BCUT2D eigenvalue weighted by Crippen LogP contribution is -2.29. The number of benzene rings is 1. The summed E-state index contributed by atoms with van der Waals surface area (Å²) < 4.78 is 5.87. The van der Waals surface area contributed by atoms with Gasteiger partial charge in [-0.05, 0) is 55.6 Å². The highest BCUT2D eigenvalue weighted by Crippen LogP contribution is 2.38. The van der Waals surface area contributed by atoms with Crippen molar-refractivity contribution >= 4 is 5.69 Å². The molecule has 92 valence electrons. The summed E-state index contributed by atoms with van der Waals surface area (Å²) in [6.07, 6.45) is 2.26. The van der Waals surface area contributed by atoms with Crippen LogP contribution in [0.25, 0.3) is 0 Å². The van der Waals surface area contributed by atoms with Gasteiger partial charge in [0, 0.05) is 7.05 Å². The molecular weight excluding hydrogens is 212 g/mol. The predicted octanol–water partition coefficient (Wildman–Crippen LogP) is 1.51. The average Bonchev–Trinajstić information content (AvgIpc) is 2.56. The number of hydrogen-bond acceptors (Lipinski definition) is 3. The molecule has 0 aliphatic carbocycles. The standard InChI is InChI=1S/C14H20N2O/c1-10-12-4-6-15-5-3-11(12)9-13-14(10)17-8-7-16(13)2/h9,15H,3-8H2,1-2H3. The first-order valence-corrected chi connectivity index (χ1v) is 6.47. The van der Waals surface area contributed by atoms with E-state index in [-0.39, 0.29) is 0 Å². The highest BCUT2D eigenvalue weighted by Gasteiger charge is 2.22. The molecule has 0 saturated heterocycles. The number of likely N-dealkylation sites (N-methyl/N-ethyl adjacent to an activating group) is 1. The second kappa shape index (κ2) is 4.22. The topological polar surface area (TPSA) is 24.5 Å². The molecule has 2 aliphatic heterocycles. The van der Waals surface area contributed by atoms with E-state index in [4.69, 9.17) is 4.74 Å². The first kappa shape index (κ1) is 10.9. The van der Waals surface area contributed by atoms with Crippen LogP contribution in [0.5, 0.6) is 5.75 Å². The van der Waals surface area contributed by atoms with E-state index >= 15 is 0 Å². The molecule has 0 unspecified atom stereocenters. The molecule has 2 aliphatic rings. The van der Waals surface area contributed by atoms with Crippen LogP contribution in [0.15, 0.2) is 6.07 Å². The Morgan fingerprint density at radius 3 is 3.00 bits per heavy atom. The molecular formula is C14H20N2O. The Bertz CT molecular complexity index is 442. The van der Waals surface area contributed by atoms with Crippen molar-refractivity contribution in [2.24, 2.45) is 0 Å². The molecule has 3 nitrogen and oxygen atoms in total. The summed E-state index contributed by atoms with van der Waals surface area (Å²) >= 11 is 0. The number of hydrogen-bond donors (Lipinski definition) is 1. The van der Waals surface area contributed by atoms with Crippen molar-refractivity contribution in [2.45, 2.75) is 19.8 Å². The smallest absolute Gasteiger partial charge is 0.145 e. The zero-order chi connectivity index (χ0) is 11.8. The Morgan fingerprint density at radius 1 is 1.29 bits per heavy atom. The summed E-state index contributed by atoms with van der Waals surface area (Å²) in [6, 6.07) is 2.34.